The number of ether oxygens (including phenoxy) is 1. The summed E-state index contributed by atoms with van der Waals surface area (Å²) in [6, 6.07) is -0.869. The van der Waals surface area contributed by atoms with Crippen molar-refractivity contribution in [3.63, 3.8) is 0 Å². The number of nitrogens with one attached hydrogen (secondary N) is 1. The van der Waals surface area contributed by atoms with Crippen LogP contribution in [0.2, 0.25) is 0 Å². The lowest BCUT2D eigenvalue weighted by atomic mass is 10.0. The summed E-state index contributed by atoms with van der Waals surface area (Å²) in [5.41, 5.74) is 5.48. The van der Waals surface area contributed by atoms with E-state index in [0.29, 0.717) is 38.6 Å². The van der Waals surface area contributed by atoms with Gasteiger partial charge in [-0.3, -0.25) is 9.59 Å². The smallest absolute Gasteiger partial charge is 0.326 e. The van der Waals surface area contributed by atoms with Crippen molar-refractivity contribution in [3.05, 3.63) is 24.3 Å². The Morgan fingerprint density at radius 3 is 1.42 bits per heavy atom. The molecule has 0 saturated heterocycles. The molecule has 0 aromatic heterocycles. The number of carboxylic acids is 1. The molecule has 0 saturated carbocycles. The first-order valence-corrected chi connectivity index (χ1v) is 23.7. The number of aliphatic carboxylic acids is 1. The van der Waals surface area contributed by atoms with Gasteiger partial charge < -0.3 is 20.9 Å². The normalized spacial score (nSPS) is 12.8. The van der Waals surface area contributed by atoms with Gasteiger partial charge in [0.1, 0.15) is 12.1 Å². The summed E-state index contributed by atoms with van der Waals surface area (Å²) in [5.74, 6) is -1.32. The lowest BCUT2D eigenvalue weighted by molar-refractivity contribution is -0.147. The molecule has 4 N–H and O–H groups in total. The van der Waals surface area contributed by atoms with Crippen LogP contribution in [0.25, 0.3) is 0 Å². The number of esters is 1. The van der Waals surface area contributed by atoms with E-state index in [4.69, 9.17) is 10.5 Å². The van der Waals surface area contributed by atoms with Gasteiger partial charge in [-0.15, -0.1) is 0 Å². The zero-order valence-electron chi connectivity index (χ0n) is 36.3. The molecule has 7 heteroatoms. The SMILES string of the molecule is CCCCCCC/C=C\C(CCCCCCC(=O)NC(CCCN)C(=O)O)OC(=O)CCCCCCCCCCCCC/C=C\CCCCCCCCCC. The molecule has 7 nitrogen and oxygen atoms in total. The van der Waals surface area contributed by atoms with E-state index < -0.39 is 12.0 Å². The van der Waals surface area contributed by atoms with E-state index in [2.05, 4.69) is 43.5 Å². The molecule has 55 heavy (non-hydrogen) atoms. The quantitative estimate of drug-likeness (QED) is 0.0322. The minimum absolute atomic E-state index is 0.0872. The number of rotatable bonds is 43. The van der Waals surface area contributed by atoms with Crippen LogP contribution in [0, 0.1) is 0 Å². The van der Waals surface area contributed by atoms with Crippen molar-refractivity contribution in [2.24, 2.45) is 5.73 Å². The molecule has 1 amide bonds. The third-order valence-corrected chi connectivity index (χ3v) is 10.7. The van der Waals surface area contributed by atoms with Crippen LogP contribution in [0.5, 0.6) is 0 Å². The summed E-state index contributed by atoms with van der Waals surface area (Å²) in [4.78, 5) is 36.3. The van der Waals surface area contributed by atoms with Crippen molar-refractivity contribution in [1.82, 2.24) is 5.32 Å². The third-order valence-electron chi connectivity index (χ3n) is 10.7. The highest BCUT2D eigenvalue weighted by Crippen LogP contribution is 2.16. The number of hydrogen-bond donors (Lipinski definition) is 3. The number of carboxylic acid groups (broad SMARTS) is 1. The Morgan fingerprint density at radius 2 is 0.945 bits per heavy atom. The van der Waals surface area contributed by atoms with Crippen molar-refractivity contribution >= 4 is 17.8 Å². The molecule has 0 aliphatic carbocycles. The third kappa shape index (κ3) is 39.9. The lowest BCUT2D eigenvalue weighted by Gasteiger charge is -2.15. The summed E-state index contributed by atoms with van der Waals surface area (Å²) in [6.07, 6.45) is 49.8. The predicted octanol–water partition coefficient (Wildman–Crippen LogP) is 13.6. The average Bonchev–Trinajstić information content (AvgIpc) is 3.17. The van der Waals surface area contributed by atoms with Crippen molar-refractivity contribution < 1.29 is 24.2 Å². The number of amides is 1. The Balaban J connectivity index is 4.03. The van der Waals surface area contributed by atoms with Crippen LogP contribution in [-0.4, -0.2) is 41.6 Å². The second-order valence-electron chi connectivity index (χ2n) is 16.2. The molecule has 0 radical (unpaired) electrons. The molecule has 0 rings (SSSR count). The Bertz CT molecular complexity index is 920. The van der Waals surface area contributed by atoms with Gasteiger partial charge in [0.25, 0.3) is 0 Å². The van der Waals surface area contributed by atoms with Crippen LogP contribution in [0.3, 0.4) is 0 Å². The molecule has 0 aromatic rings. The maximum absolute atomic E-state index is 12.7. The van der Waals surface area contributed by atoms with Crippen LogP contribution < -0.4 is 11.1 Å². The monoisotopic (exact) mass is 775 g/mol. The van der Waals surface area contributed by atoms with Gasteiger partial charge in [0, 0.05) is 12.8 Å². The van der Waals surface area contributed by atoms with Gasteiger partial charge in [0.05, 0.1) is 0 Å². The van der Waals surface area contributed by atoms with E-state index >= 15 is 0 Å². The predicted molar refractivity (Wildman–Crippen MR) is 234 cm³/mol. The van der Waals surface area contributed by atoms with Crippen LogP contribution in [-0.2, 0) is 19.1 Å². The van der Waals surface area contributed by atoms with Gasteiger partial charge in [-0.2, -0.15) is 0 Å². The lowest BCUT2D eigenvalue weighted by Crippen LogP contribution is -2.40. The second kappa shape index (κ2) is 43.0. The Hall–Kier alpha value is -2.15. The van der Waals surface area contributed by atoms with E-state index in [1.54, 1.807) is 0 Å². The summed E-state index contributed by atoms with van der Waals surface area (Å²) >= 11 is 0. The maximum Gasteiger partial charge on any atom is 0.326 e. The first-order valence-electron chi connectivity index (χ1n) is 23.7. The summed E-state index contributed by atoms with van der Waals surface area (Å²) in [6.45, 7) is 4.92. The Kier molecular flexibility index (Phi) is 41.3. The van der Waals surface area contributed by atoms with Gasteiger partial charge in [0.2, 0.25) is 5.91 Å². The van der Waals surface area contributed by atoms with Crippen molar-refractivity contribution in [3.8, 4) is 0 Å². The first kappa shape index (κ1) is 52.9. The van der Waals surface area contributed by atoms with E-state index in [1.807, 2.05) is 0 Å². The number of allylic oxidation sites excluding steroid dienone is 3. The molecule has 0 heterocycles. The van der Waals surface area contributed by atoms with Gasteiger partial charge in [0.15, 0.2) is 0 Å². The van der Waals surface area contributed by atoms with E-state index in [1.165, 1.54) is 154 Å². The zero-order valence-corrected chi connectivity index (χ0v) is 36.3. The number of carbonyl (C=O) groups is 3. The van der Waals surface area contributed by atoms with Gasteiger partial charge >= 0.3 is 11.9 Å². The second-order valence-corrected chi connectivity index (χ2v) is 16.2. The van der Waals surface area contributed by atoms with E-state index in [0.717, 1.165) is 44.9 Å². The molecule has 0 aliphatic heterocycles. The standard InChI is InChI=1S/C48H90N2O5/c1-3-5-7-9-11-12-13-14-15-16-17-18-19-20-21-22-23-24-25-26-28-30-36-42-47(52)55-44(38-33-29-27-10-8-6-4-2)39-34-31-32-35-41-46(51)50-45(48(53)54)40-37-43-49/h16-17,33,38,44-45H,3-15,18-32,34-37,39-43,49H2,1-2H3,(H,50,51)(H,53,54)/b17-16-,38-33-. The Morgan fingerprint density at radius 1 is 0.527 bits per heavy atom. The molecular formula is C48H90N2O5. The van der Waals surface area contributed by atoms with Crippen LogP contribution in [0.1, 0.15) is 245 Å². The summed E-state index contributed by atoms with van der Waals surface area (Å²) in [7, 11) is 0. The molecule has 0 aromatic carbocycles. The van der Waals surface area contributed by atoms with Gasteiger partial charge in [-0.05, 0) is 89.7 Å². The molecular weight excluding hydrogens is 685 g/mol. The largest absolute Gasteiger partial charge is 0.480 e. The highest BCUT2D eigenvalue weighted by molar-refractivity contribution is 5.83. The highest BCUT2D eigenvalue weighted by atomic mass is 16.5. The highest BCUT2D eigenvalue weighted by Gasteiger charge is 2.19. The number of carbonyl (C=O) groups excluding carboxylic acids is 2. The van der Waals surface area contributed by atoms with Crippen molar-refractivity contribution in [2.45, 2.75) is 257 Å². The maximum atomic E-state index is 12.7. The number of nitrogens with two attached hydrogens (primary N) is 1. The zero-order chi connectivity index (χ0) is 40.3. The average molecular weight is 775 g/mol. The minimum atomic E-state index is -1.01. The fourth-order valence-electron chi connectivity index (χ4n) is 7.12. The number of unbranched alkanes of at least 4 members (excludes halogenated alkanes) is 27. The van der Waals surface area contributed by atoms with E-state index in [9.17, 15) is 19.5 Å². The minimum Gasteiger partial charge on any atom is -0.480 e. The molecule has 0 fully saturated rings. The Labute approximate surface area is 340 Å². The molecule has 2 atom stereocenters. The van der Waals surface area contributed by atoms with Crippen molar-refractivity contribution in [2.75, 3.05) is 6.54 Å². The topological polar surface area (TPSA) is 119 Å². The first-order chi connectivity index (χ1) is 26.9. The van der Waals surface area contributed by atoms with Crippen LogP contribution in [0.15, 0.2) is 24.3 Å². The van der Waals surface area contributed by atoms with Crippen LogP contribution in [0.4, 0.5) is 0 Å². The van der Waals surface area contributed by atoms with Crippen LogP contribution >= 0.6 is 0 Å². The fraction of sp³-hybridized carbons (Fsp3) is 0.854. The van der Waals surface area contributed by atoms with E-state index in [-0.39, 0.29) is 18.0 Å². The molecule has 0 bridgehead atoms. The fourth-order valence-corrected chi connectivity index (χ4v) is 7.12. The number of hydrogen-bond acceptors (Lipinski definition) is 5. The molecule has 322 valence electrons. The van der Waals surface area contributed by atoms with Crippen molar-refractivity contribution in [1.29, 1.82) is 0 Å². The molecule has 0 aliphatic rings. The van der Waals surface area contributed by atoms with Gasteiger partial charge in [-0.25, -0.2) is 4.79 Å². The van der Waals surface area contributed by atoms with Gasteiger partial charge in [-0.1, -0.05) is 173 Å². The summed E-state index contributed by atoms with van der Waals surface area (Å²) in [5, 5.41) is 11.9. The molecule has 0 spiro atoms. The molecule has 2 unspecified atom stereocenters. The summed E-state index contributed by atoms with van der Waals surface area (Å²) < 4.78 is 5.93.